The van der Waals surface area contributed by atoms with Gasteiger partial charge in [0.2, 0.25) is 0 Å². The summed E-state index contributed by atoms with van der Waals surface area (Å²) in [6, 6.07) is 2.15. The van der Waals surface area contributed by atoms with Gasteiger partial charge in [0.1, 0.15) is 0 Å². The predicted octanol–water partition coefficient (Wildman–Crippen LogP) is 2.14. The minimum atomic E-state index is -3.07. The van der Waals surface area contributed by atoms with E-state index in [0.717, 1.165) is 19.3 Å². The van der Waals surface area contributed by atoms with Crippen molar-refractivity contribution in [2.75, 3.05) is 5.75 Å². The molecule has 15 heavy (non-hydrogen) atoms. The molecular formula is C11H19NO2S. The van der Waals surface area contributed by atoms with Crippen LogP contribution in [0.25, 0.3) is 0 Å². The van der Waals surface area contributed by atoms with Crippen LogP contribution in [0.1, 0.15) is 39.5 Å². The summed E-state index contributed by atoms with van der Waals surface area (Å²) in [4.78, 5) is 0. The van der Waals surface area contributed by atoms with Crippen molar-refractivity contribution in [1.29, 1.82) is 5.26 Å². The molecule has 0 N–H and O–H groups in total. The fraction of sp³-hybridized carbons (Fsp3) is 0.909. The molecular weight excluding hydrogens is 210 g/mol. The Kier molecular flexibility index (Phi) is 4.15. The fourth-order valence-corrected chi connectivity index (χ4v) is 4.66. The van der Waals surface area contributed by atoms with Crippen molar-refractivity contribution < 1.29 is 8.42 Å². The quantitative estimate of drug-likeness (QED) is 0.745. The van der Waals surface area contributed by atoms with Crippen molar-refractivity contribution in [3.63, 3.8) is 0 Å². The number of nitrogens with zero attached hydrogens (tertiary/aromatic N) is 1. The fourth-order valence-electron chi connectivity index (χ4n) is 2.26. The van der Waals surface area contributed by atoms with Crippen LogP contribution in [0.5, 0.6) is 0 Å². The molecule has 0 bridgehead atoms. The molecule has 2 unspecified atom stereocenters. The first kappa shape index (κ1) is 12.5. The molecule has 0 radical (unpaired) electrons. The average Bonchev–Trinajstić information content (AvgIpc) is 2.16. The van der Waals surface area contributed by atoms with Gasteiger partial charge in [-0.25, -0.2) is 8.42 Å². The summed E-state index contributed by atoms with van der Waals surface area (Å²) >= 11 is 0. The zero-order chi connectivity index (χ0) is 11.5. The van der Waals surface area contributed by atoms with Crippen molar-refractivity contribution in [3.05, 3.63) is 0 Å². The number of sulfone groups is 1. The second-order valence-corrected chi connectivity index (χ2v) is 7.05. The highest BCUT2D eigenvalue weighted by Crippen LogP contribution is 2.30. The first-order valence-corrected chi connectivity index (χ1v) is 7.30. The van der Waals surface area contributed by atoms with Crippen LogP contribution in [0.15, 0.2) is 0 Å². The summed E-state index contributed by atoms with van der Waals surface area (Å²) in [5.74, 6) is 0.0920. The lowest BCUT2D eigenvalue weighted by Gasteiger charge is -2.27. The lowest BCUT2D eigenvalue weighted by atomic mass is 9.90. The molecule has 1 saturated carbocycles. The van der Waals surface area contributed by atoms with Crippen LogP contribution in [-0.2, 0) is 9.84 Å². The Morgan fingerprint density at radius 1 is 1.33 bits per heavy atom. The average molecular weight is 229 g/mol. The SMILES string of the molecule is CC(C)CS(=O)(=O)C1CCCCC1C#N. The molecule has 3 nitrogen and oxygen atoms in total. The minimum Gasteiger partial charge on any atom is -0.228 e. The lowest BCUT2D eigenvalue weighted by molar-refractivity contribution is 0.417. The second kappa shape index (κ2) is 4.98. The Balaban J connectivity index is 2.80. The van der Waals surface area contributed by atoms with E-state index >= 15 is 0 Å². The van der Waals surface area contributed by atoms with Gasteiger partial charge in [0.05, 0.1) is 23.0 Å². The molecule has 0 aromatic heterocycles. The van der Waals surface area contributed by atoms with Crippen molar-refractivity contribution in [2.45, 2.75) is 44.8 Å². The van der Waals surface area contributed by atoms with E-state index < -0.39 is 15.1 Å². The molecule has 86 valence electrons. The summed E-state index contributed by atoms with van der Waals surface area (Å²) in [7, 11) is -3.07. The molecule has 1 aliphatic rings. The smallest absolute Gasteiger partial charge is 0.154 e. The van der Waals surface area contributed by atoms with Crippen LogP contribution in [0.4, 0.5) is 0 Å². The third-order valence-corrected chi connectivity index (χ3v) is 5.51. The van der Waals surface area contributed by atoms with Crippen LogP contribution in [-0.4, -0.2) is 19.4 Å². The normalized spacial score (nSPS) is 27.6. The van der Waals surface area contributed by atoms with Crippen LogP contribution >= 0.6 is 0 Å². The second-order valence-electron chi connectivity index (χ2n) is 4.78. The molecule has 2 atom stereocenters. The van der Waals surface area contributed by atoms with Crippen LogP contribution in [0.2, 0.25) is 0 Å². The standard InChI is InChI=1S/C11H19NO2S/c1-9(2)8-15(13,14)11-6-4-3-5-10(11)7-12/h9-11H,3-6,8H2,1-2H3. The van der Waals surface area contributed by atoms with Gasteiger partial charge in [-0.05, 0) is 18.8 Å². The first-order chi connectivity index (χ1) is 6.97. The summed E-state index contributed by atoms with van der Waals surface area (Å²) in [5.41, 5.74) is 0. The Hall–Kier alpha value is -0.560. The monoisotopic (exact) mass is 229 g/mol. The van der Waals surface area contributed by atoms with Gasteiger partial charge in [-0.15, -0.1) is 0 Å². The van der Waals surface area contributed by atoms with Gasteiger partial charge in [0.25, 0.3) is 0 Å². The highest BCUT2D eigenvalue weighted by molar-refractivity contribution is 7.92. The highest BCUT2D eigenvalue weighted by atomic mass is 32.2. The first-order valence-electron chi connectivity index (χ1n) is 5.58. The zero-order valence-electron chi connectivity index (χ0n) is 9.44. The topological polar surface area (TPSA) is 57.9 Å². The van der Waals surface area contributed by atoms with E-state index in [0.29, 0.717) is 6.42 Å². The van der Waals surface area contributed by atoms with Crippen molar-refractivity contribution in [1.82, 2.24) is 0 Å². The predicted molar refractivity (Wildman–Crippen MR) is 60.0 cm³/mol. The Labute approximate surface area is 92.4 Å². The van der Waals surface area contributed by atoms with E-state index in [1.165, 1.54) is 0 Å². The van der Waals surface area contributed by atoms with Crippen molar-refractivity contribution in [3.8, 4) is 6.07 Å². The van der Waals surface area contributed by atoms with Gasteiger partial charge in [0, 0.05) is 0 Å². The minimum absolute atomic E-state index is 0.149. The summed E-state index contributed by atoms with van der Waals surface area (Å²) in [6.45, 7) is 3.81. The van der Waals surface area contributed by atoms with Crippen LogP contribution < -0.4 is 0 Å². The molecule has 0 spiro atoms. The third-order valence-electron chi connectivity index (χ3n) is 2.90. The molecule has 1 fully saturated rings. The molecule has 0 aromatic carbocycles. The Morgan fingerprint density at radius 2 is 1.93 bits per heavy atom. The van der Waals surface area contributed by atoms with E-state index in [2.05, 4.69) is 6.07 Å². The maximum Gasteiger partial charge on any atom is 0.154 e. The lowest BCUT2D eigenvalue weighted by Crippen LogP contribution is -2.34. The Bertz CT molecular complexity index is 340. The molecule has 0 amide bonds. The van der Waals surface area contributed by atoms with Crippen molar-refractivity contribution in [2.24, 2.45) is 11.8 Å². The van der Waals surface area contributed by atoms with Gasteiger partial charge in [0.15, 0.2) is 9.84 Å². The maximum absolute atomic E-state index is 12.0. The van der Waals surface area contributed by atoms with Gasteiger partial charge in [-0.1, -0.05) is 26.7 Å². The largest absolute Gasteiger partial charge is 0.228 e. The highest BCUT2D eigenvalue weighted by Gasteiger charge is 2.35. The summed E-state index contributed by atoms with van der Waals surface area (Å²) in [5, 5.41) is 8.54. The number of hydrogen-bond acceptors (Lipinski definition) is 3. The van der Waals surface area contributed by atoms with Gasteiger partial charge < -0.3 is 0 Å². The number of hydrogen-bond donors (Lipinski definition) is 0. The number of rotatable bonds is 3. The molecule has 1 rings (SSSR count). The number of nitriles is 1. The van der Waals surface area contributed by atoms with Gasteiger partial charge in [-0.2, -0.15) is 5.26 Å². The molecule has 4 heteroatoms. The molecule has 0 heterocycles. The molecule has 1 aliphatic carbocycles. The van der Waals surface area contributed by atoms with E-state index in [-0.39, 0.29) is 17.6 Å². The Morgan fingerprint density at radius 3 is 2.47 bits per heavy atom. The molecule has 0 saturated heterocycles. The van der Waals surface area contributed by atoms with Crippen LogP contribution in [0, 0.1) is 23.2 Å². The van der Waals surface area contributed by atoms with Crippen LogP contribution in [0.3, 0.4) is 0 Å². The summed E-state index contributed by atoms with van der Waals surface area (Å²) < 4.78 is 24.0. The zero-order valence-corrected chi connectivity index (χ0v) is 10.3. The van der Waals surface area contributed by atoms with Crippen molar-refractivity contribution >= 4 is 9.84 Å². The molecule has 0 aliphatic heterocycles. The maximum atomic E-state index is 12.0. The molecule has 0 aromatic rings. The van der Waals surface area contributed by atoms with E-state index in [4.69, 9.17) is 5.26 Å². The van der Waals surface area contributed by atoms with E-state index in [1.807, 2.05) is 13.8 Å². The van der Waals surface area contributed by atoms with E-state index in [1.54, 1.807) is 0 Å². The summed E-state index contributed by atoms with van der Waals surface area (Å²) in [6.07, 6.45) is 3.36. The third kappa shape index (κ3) is 3.20. The van der Waals surface area contributed by atoms with E-state index in [9.17, 15) is 8.42 Å². The van der Waals surface area contributed by atoms with Gasteiger partial charge >= 0.3 is 0 Å². The van der Waals surface area contributed by atoms with Gasteiger partial charge in [-0.3, -0.25) is 0 Å².